The number of aryl methyl sites for hydroxylation is 1. The Labute approximate surface area is 126 Å². The minimum absolute atomic E-state index is 0.135. The molecule has 1 aromatic rings. The highest BCUT2D eigenvalue weighted by Gasteiger charge is 2.25. The maximum Gasteiger partial charge on any atom is 0.170 e. The van der Waals surface area contributed by atoms with Crippen LogP contribution in [0.5, 0.6) is 0 Å². The molecule has 1 aromatic carbocycles. The number of nitrogens with zero attached hydrogens (tertiary/aromatic N) is 2. The molecule has 0 aromatic heterocycles. The van der Waals surface area contributed by atoms with Crippen molar-refractivity contribution in [2.24, 2.45) is 10.9 Å². The highest BCUT2D eigenvalue weighted by Crippen LogP contribution is 2.23. The molecule has 1 atom stereocenters. The topological polar surface area (TPSA) is 82.1 Å². The summed E-state index contributed by atoms with van der Waals surface area (Å²) in [4.78, 5) is 2.38. The molecule has 0 amide bonds. The zero-order valence-electron chi connectivity index (χ0n) is 12.8. The van der Waals surface area contributed by atoms with E-state index in [-0.39, 0.29) is 5.84 Å². The molecular weight excluding hydrogens is 266 g/mol. The Morgan fingerprint density at radius 3 is 2.81 bits per heavy atom. The van der Waals surface area contributed by atoms with Crippen LogP contribution in [0.3, 0.4) is 0 Å². The summed E-state index contributed by atoms with van der Waals surface area (Å²) in [7, 11) is 0. The zero-order valence-corrected chi connectivity index (χ0v) is 12.8. The van der Waals surface area contributed by atoms with E-state index >= 15 is 0 Å². The predicted molar refractivity (Wildman–Crippen MR) is 83.4 cm³/mol. The average Bonchev–Trinajstić information content (AvgIpc) is 2.61. The fourth-order valence-corrected chi connectivity index (χ4v) is 2.81. The number of hydrogen-bond acceptors (Lipinski definition) is 4. The van der Waals surface area contributed by atoms with Gasteiger partial charge in [-0.3, -0.25) is 4.90 Å². The molecule has 0 aliphatic carbocycles. The molecule has 116 valence electrons. The monoisotopic (exact) mass is 291 g/mol. The van der Waals surface area contributed by atoms with Gasteiger partial charge in [0.2, 0.25) is 0 Å². The van der Waals surface area contributed by atoms with Gasteiger partial charge >= 0.3 is 0 Å². The molecule has 1 aliphatic heterocycles. The van der Waals surface area contributed by atoms with Crippen LogP contribution in [0.2, 0.25) is 0 Å². The van der Waals surface area contributed by atoms with E-state index in [0.717, 1.165) is 50.0 Å². The molecule has 0 bridgehead atoms. The third-order valence-corrected chi connectivity index (χ3v) is 4.30. The molecule has 0 spiro atoms. The molecule has 0 radical (unpaired) electrons. The molecule has 5 nitrogen and oxygen atoms in total. The van der Waals surface area contributed by atoms with Crippen LogP contribution in [0.15, 0.2) is 23.4 Å². The van der Waals surface area contributed by atoms with Crippen molar-refractivity contribution in [2.75, 3.05) is 13.1 Å². The van der Waals surface area contributed by atoms with Gasteiger partial charge in [0.1, 0.15) is 0 Å². The Morgan fingerprint density at radius 1 is 1.38 bits per heavy atom. The van der Waals surface area contributed by atoms with E-state index in [4.69, 9.17) is 10.9 Å². The first kappa shape index (κ1) is 15.8. The highest BCUT2D eigenvalue weighted by molar-refractivity contribution is 5.97. The van der Waals surface area contributed by atoms with E-state index in [1.807, 2.05) is 32.0 Å². The van der Waals surface area contributed by atoms with E-state index in [2.05, 4.69) is 10.1 Å². The number of benzene rings is 1. The van der Waals surface area contributed by atoms with Gasteiger partial charge in [-0.25, -0.2) is 0 Å². The summed E-state index contributed by atoms with van der Waals surface area (Å²) in [5.74, 6) is 0.135. The fourth-order valence-electron chi connectivity index (χ4n) is 2.81. The average molecular weight is 291 g/mol. The van der Waals surface area contributed by atoms with Crippen molar-refractivity contribution in [2.45, 2.75) is 45.3 Å². The first-order valence-corrected chi connectivity index (χ1v) is 7.43. The number of rotatable bonds is 3. The second-order valence-corrected chi connectivity index (χ2v) is 6.25. The van der Waals surface area contributed by atoms with E-state index < -0.39 is 5.60 Å². The molecule has 1 heterocycles. The van der Waals surface area contributed by atoms with Gasteiger partial charge in [-0.2, -0.15) is 0 Å². The standard InChI is InChI=1S/C16H25N3O2/c1-12-10-13(15(17)18-21)4-5-14(12)11-19-8-3-6-16(2,20)7-9-19/h4-5,10,20-21H,3,6-9,11H2,1-2H3,(H2,17,18). The largest absolute Gasteiger partial charge is 0.409 e. The van der Waals surface area contributed by atoms with Crippen LogP contribution in [0.25, 0.3) is 0 Å². The first-order valence-electron chi connectivity index (χ1n) is 7.43. The van der Waals surface area contributed by atoms with Gasteiger partial charge in [-0.1, -0.05) is 17.3 Å². The van der Waals surface area contributed by atoms with Crippen molar-refractivity contribution >= 4 is 5.84 Å². The van der Waals surface area contributed by atoms with E-state index in [1.54, 1.807) is 0 Å². The number of hydrogen-bond donors (Lipinski definition) is 3. The molecule has 0 saturated carbocycles. The number of aliphatic hydroxyl groups is 1. The highest BCUT2D eigenvalue weighted by atomic mass is 16.4. The lowest BCUT2D eigenvalue weighted by Crippen LogP contribution is -2.28. The zero-order chi connectivity index (χ0) is 15.5. The summed E-state index contributed by atoms with van der Waals surface area (Å²) in [6.07, 6.45) is 2.70. The van der Waals surface area contributed by atoms with E-state index in [0.29, 0.717) is 0 Å². The summed E-state index contributed by atoms with van der Waals surface area (Å²) in [6.45, 7) is 6.76. The predicted octanol–water partition coefficient (Wildman–Crippen LogP) is 1.83. The summed E-state index contributed by atoms with van der Waals surface area (Å²) in [5, 5.41) is 21.9. The molecule has 2 rings (SSSR count). The lowest BCUT2D eigenvalue weighted by Gasteiger charge is -2.23. The van der Waals surface area contributed by atoms with Crippen molar-refractivity contribution in [3.05, 3.63) is 34.9 Å². The molecule has 4 N–H and O–H groups in total. The molecular formula is C16H25N3O2. The Kier molecular flexibility index (Phi) is 4.85. The number of oxime groups is 1. The minimum atomic E-state index is -0.528. The van der Waals surface area contributed by atoms with Crippen LogP contribution < -0.4 is 5.73 Å². The molecule has 21 heavy (non-hydrogen) atoms. The number of amidine groups is 1. The Balaban J connectivity index is 2.06. The van der Waals surface area contributed by atoms with Crippen LogP contribution >= 0.6 is 0 Å². The van der Waals surface area contributed by atoms with E-state index in [1.165, 1.54) is 5.56 Å². The normalized spacial score (nSPS) is 24.8. The SMILES string of the molecule is Cc1cc(/C(N)=N/O)ccc1CN1CCCC(C)(O)CC1. The Hall–Kier alpha value is -1.59. The van der Waals surface area contributed by atoms with Crippen LogP contribution in [0.1, 0.15) is 42.9 Å². The maximum absolute atomic E-state index is 10.1. The third kappa shape index (κ3) is 4.19. The van der Waals surface area contributed by atoms with Gasteiger partial charge in [-0.15, -0.1) is 0 Å². The van der Waals surface area contributed by atoms with Gasteiger partial charge < -0.3 is 16.0 Å². The van der Waals surface area contributed by atoms with Crippen molar-refractivity contribution in [1.29, 1.82) is 0 Å². The van der Waals surface area contributed by atoms with Crippen LogP contribution in [0.4, 0.5) is 0 Å². The molecule has 5 heteroatoms. The second-order valence-electron chi connectivity index (χ2n) is 6.25. The lowest BCUT2D eigenvalue weighted by atomic mass is 9.98. The molecule has 1 aliphatic rings. The van der Waals surface area contributed by atoms with Crippen LogP contribution in [-0.2, 0) is 6.54 Å². The van der Waals surface area contributed by atoms with Crippen LogP contribution in [0, 0.1) is 6.92 Å². The Morgan fingerprint density at radius 2 is 2.14 bits per heavy atom. The second kappa shape index (κ2) is 6.45. The van der Waals surface area contributed by atoms with Crippen molar-refractivity contribution in [3.63, 3.8) is 0 Å². The van der Waals surface area contributed by atoms with Gasteiger partial charge in [0.25, 0.3) is 0 Å². The van der Waals surface area contributed by atoms with Gasteiger partial charge in [-0.05, 0) is 56.8 Å². The van der Waals surface area contributed by atoms with E-state index in [9.17, 15) is 5.11 Å². The molecule has 1 unspecified atom stereocenters. The summed E-state index contributed by atoms with van der Waals surface area (Å²) >= 11 is 0. The van der Waals surface area contributed by atoms with Crippen molar-refractivity contribution in [1.82, 2.24) is 4.90 Å². The fraction of sp³-hybridized carbons (Fsp3) is 0.562. The maximum atomic E-state index is 10.1. The quantitative estimate of drug-likeness (QED) is 0.343. The van der Waals surface area contributed by atoms with Crippen LogP contribution in [-0.4, -0.2) is 39.7 Å². The van der Waals surface area contributed by atoms with Gasteiger partial charge in [0.15, 0.2) is 5.84 Å². The number of nitrogens with two attached hydrogens (primary N) is 1. The summed E-state index contributed by atoms with van der Waals surface area (Å²) in [5.41, 5.74) is 8.19. The first-order chi connectivity index (χ1) is 9.91. The summed E-state index contributed by atoms with van der Waals surface area (Å²) < 4.78 is 0. The van der Waals surface area contributed by atoms with Crippen molar-refractivity contribution in [3.8, 4) is 0 Å². The summed E-state index contributed by atoms with van der Waals surface area (Å²) in [6, 6.07) is 5.86. The van der Waals surface area contributed by atoms with Crippen molar-refractivity contribution < 1.29 is 10.3 Å². The lowest BCUT2D eigenvalue weighted by molar-refractivity contribution is 0.0444. The smallest absolute Gasteiger partial charge is 0.170 e. The number of likely N-dealkylation sites (tertiary alicyclic amines) is 1. The van der Waals surface area contributed by atoms with Gasteiger partial charge in [0.05, 0.1) is 5.60 Å². The molecule has 1 fully saturated rings. The third-order valence-electron chi connectivity index (χ3n) is 4.30. The minimum Gasteiger partial charge on any atom is -0.409 e. The van der Waals surface area contributed by atoms with Gasteiger partial charge in [0, 0.05) is 18.7 Å². The Bertz CT molecular complexity index is 526. The molecule has 1 saturated heterocycles.